The minimum Gasteiger partial charge on any atom is -0.273 e. The normalized spacial score (nSPS) is 19.5. The molecule has 0 aliphatic carbocycles. The van der Waals surface area contributed by atoms with Crippen molar-refractivity contribution in [2.45, 2.75) is 5.37 Å². The molecule has 92 valence electrons. The van der Waals surface area contributed by atoms with E-state index in [9.17, 15) is 4.79 Å². The van der Waals surface area contributed by atoms with Crippen LogP contribution >= 0.6 is 34.7 Å². The van der Waals surface area contributed by atoms with Crippen molar-refractivity contribution in [3.63, 3.8) is 0 Å². The number of amides is 1. The molecule has 18 heavy (non-hydrogen) atoms. The molecule has 3 rings (SSSR count). The first-order chi connectivity index (χ1) is 8.77. The molecule has 0 bridgehead atoms. The van der Waals surface area contributed by atoms with Crippen LogP contribution in [-0.4, -0.2) is 16.6 Å². The molecular formula is C12H9ClN2OS2. The lowest BCUT2D eigenvalue weighted by Crippen LogP contribution is -2.27. The van der Waals surface area contributed by atoms with Crippen LogP contribution in [0.1, 0.15) is 10.9 Å². The summed E-state index contributed by atoms with van der Waals surface area (Å²) in [7, 11) is 0. The quantitative estimate of drug-likeness (QED) is 0.849. The number of aromatic nitrogens is 1. The molecule has 2 aromatic rings. The van der Waals surface area contributed by atoms with Gasteiger partial charge in [0.05, 0.1) is 5.75 Å². The van der Waals surface area contributed by atoms with E-state index in [2.05, 4.69) is 4.98 Å². The minimum atomic E-state index is -0.0719. The van der Waals surface area contributed by atoms with Crippen molar-refractivity contribution in [2.75, 3.05) is 10.7 Å². The van der Waals surface area contributed by atoms with Crippen LogP contribution in [-0.2, 0) is 4.79 Å². The van der Waals surface area contributed by atoms with Gasteiger partial charge in [-0.05, 0) is 6.07 Å². The summed E-state index contributed by atoms with van der Waals surface area (Å²) in [4.78, 5) is 18.0. The van der Waals surface area contributed by atoms with E-state index < -0.39 is 0 Å². The van der Waals surface area contributed by atoms with Crippen LogP contribution < -0.4 is 4.90 Å². The fourth-order valence-electron chi connectivity index (χ4n) is 1.87. The number of carbonyl (C=O) groups excluding carboxylic acids is 1. The third-order valence-corrected chi connectivity index (χ3v) is 4.97. The number of carbonyl (C=O) groups is 1. The van der Waals surface area contributed by atoms with Gasteiger partial charge in [0.2, 0.25) is 5.91 Å². The molecule has 0 spiro atoms. The van der Waals surface area contributed by atoms with E-state index >= 15 is 0 Å². The van der Waals surface area contributed by atoms with Crippen LogP contribution in [0.15, 0.2) is 35.8 Å². The average Bonchev–Trinajstić information content (AvgIpc) is 2.98. The number of anilines is 1. The summed E-state index contributed by atoms with van der Waals surface area (Å²) in [6, 6.07) is 7.63. The van der Waals surface area contributed by atoms with Gasteiger partial charge in [0.25, 0.3) is 0 Å². The predicted octanol–water partition coefficient (Wildman–Crippen LogP) is 3.58. The summed E-state index contributed by atoms with van der Waals surface area (Å²) in [6.07, 6.45) is 1.71. The Labute approximate surface area is 118 Å². The Kier molecular flexibility index (Phi) is 3.28. The first kappa shape index (κ1) is 12.0. The van der Waals surface area contributed by atoms with E-state index in [1.165, 1.54) is 11.3 Å². The molecule has 0 radical (unpaired) electrons. The van der Waals surface area contributed by atoms with Gasteiger partial charge >= 0.3 is 0 Å². The molecule has 1 aromatic carbocycles. The number of nitrogens with zero attached hydrogens (tertiary/aromatic N) is 2. The van der Waals surface area contributed by atoms with Crippen LogP contribution in [0.3, 0.4) is 0 Å². The van der Waals surface area contributed by atoms with Crippen LogP contribution in [0.2, 0.25) is 5.02 Å². The molecule has 1 atom stereocenters. The summed E-state index contributed by atoms with van der Waals surface area (Å²) < 4.78 is 0. The largest absolute Gasteiger partial charge is 0.273 e. The third kappa shape index (κ3) is 2.02. The Bertz CT molecular complexity index is 573. The maximum atomic E-state index is 12.0. The van der Waals surface area contributed by atoms with E-state index in [0.29, 0.717) is 10.8 Å². The Morgan fingerprint density at radius 3 is 2.94 bits per heavy atom. The van der Waals surface area contributed by atoms with Crippen molar-refractivity contribution < 1.29 is 4.79 Å². The lowest BCUT2D eigenvalue weighted by Gasteiger charge is -2.22. The van der Waals surface area contributed by atoms with Crippen molar-refractivity contribution in [1.29, 1.82) is 0 Å². The zero-order valence-electron chi connectivity index (χ0n) is 9.25. The lowest BCUT2D eigenvalue weighted by molar-refractivity contribution is -0.115. The molecule has 1 fully saturated rings. The summed E-state index contributed by atoms with van der Waals surface area (Å²) in [6.45, 7) is 0. The number of rotatable bonds is 2. The van der Waals surface area contributed by atoms with E-state index in [1.807, 2.05) is 29.6 Å². The van der Waals surface area contributed by atoms with Gasteiger partial charge in [-0.1, -0.05) is 29.8 Å². The molecule has 1 amide bonds. The van der Waals surface area contributed by atoms with E-state index in [4.69, 9.17) is 11.6 Å². The number of hydrogen-bond donors (Lipinski definition) is 0. The highest BCUT2D eigenvalue weighted by Crippen LogP contribution is 2.44. The molecule has 6 heteroatoms. The monoisotopic (exact) mass is 296 g/mol. The van der Waals surface area contributed by atoms with Gasteiger partial charge in [-0.2, -0.15) is 0 Å². The second-order valence-corrected chi connectivity index (χ2v) is 6.11. The van der Waals surface area contributed by atoms with Crippen LogP contribution in [0.25, 0.3) is 0 Å². The van der Waals surface area contributed by atoms with Crippen LogP contribution in [0.4, 0.5) is 5.13 Å². The number of thiazole rings is 1. The molecule has 1 aliphatic heterocycles. The highest BCUT2D eigenvalue weighted by atomic mass is 35.5. The van der Waals surface area contributed by atoms with Gasteiger partial charge in [0, 0.05) is 22.2 Å². The second kappa shape index (κ2) is 4.91. The smallest absolute Gasteiger partial charge is 0.240 e. The molecule has 3 nitrogen and oxygen atoms in total. The van der Waals surface area contributed by atoms with Crippen molar-refractivity contribution in [2.24, 2.45) is 0 Å². The second-order valence-electron chi connectivity index (χ2n) is 3.76. The van der Waals surface area contributed by atoms with Crippen molar-refractivity contribution in [1.82, 2.24) is 4.98 Å². The number of benzene rings is 1. The standard InChI is InChI=1S/C12H9ClN2OS2/c13-9-4-2-1-3-8(9)11-15(10(16)7-18-11)12-14-5-6-17-12/h1-6,11H,7H2/t11-/m1/s1. The van der Waals surface area contributed by atoms with Crippen LogP contribution in [0, 0.1) is 0 Å². The molecule has 0 unspecified atom stereocenters. The average molecular weight is 297 g/mol. The van der Waals surface area contributed by atoms with E-state index in [-0.39, 0.29) is 11.3 Å². The fourth-order valence-corrected chi connectivity index (χ4v) is 4.12. The SMILES string of the molecule is O=C1CS[C@H](c2ccccc2Cl)N1c1nccs1. The molecule has 2 heterocycles. The van der Waals surface area contributed by atoms with Gasteiger partial charge in [-0.3, -0.25) is 9.69 Å². The van der Waals surface area contributed by atoms with Crippen molar-refractivity contribution >= 4 is 45.7 Å². The first-order valence-electron chi connectivity index (χ1n) is 5.35. The van der Waals surface area contributed by atoms with Gasteiger partial charge in [-0.25, -0.2) is 4.98 Å². The maximum absolute atomic E-state index is 12.0. The topological polar surface area (TPSA) is 33.2 Å². The lowest BCUT2D eigenvalue weighted by atomic mass is 10.2. The van der Waals surface area contributed by atoms with E-state index in [1.54, 1.807) is 22.9 Å². The van der Waals surface area contributed by atoms with Crippen molar-refractivity contribution in [3.05, 3.63) is 46.4 Å². The van der Waals surface area contributed by atoms with Gasteiger partial charge in [0.15, 0.2) is 5.13 Å². The highest BCUT2D eigenvalue weighted by molar-refractivity contribution is 8.00. The van der Waals surface area contributed by atoms with Gasteiger partial charge in [-0.15, -0.1) is 23.1 Å². The molecule has 0 N–H and O–H groups in total. The van der Waals surface area contributed by atoms with Gasteiger partial charge < -0.3 is 0 Å². The zero-order valence-corrected chi connectivity index (χ0v) is 11.6. The van der Waals surface area contributed by atoms with Gasteiger partial charge in [0.1, 0.15) is 5.37 Å². The molecule has 1 saturated heterocycles. The van der Waals surface area contributed by atoms with Crippen LogP contribution in [0.5, 0.6) is 0 Å². The summed E-state index contributed by atoms with van der Waals surface area (Å²) in [5.74, 6) is 0.551. The molecule has 1 aromatic heterocycles. The molecule has 1 aliphatic rings. The minimum absolute atomic E-state index is 0.0719. The Hall–Kier alpha value is -1.04. The number of hydrogen-bond acceptors (Lipinski definition) is 4. The predicted molar refractivity (Wildman–Crippen MR) is 76.3 cm³/mol. The number of thioether (sulfide) groups is 1. The highest BCUT2D eigenvalue weighted by Gasteiger charge is 2.36. The molecular weight excluding hydrogens is 288 g/mol. The zero-order chi connectivity index (χ0) is 12.5. The van der Waals surface area contributed by atoms with E-state index in [0.717, 1.165) is 10.7 Å². The summed E-state index contributed by atoms with van der Waals surface area (Å²) in [5, 5.41) is 3.22. The Morgan fingerprint density at radius 2 is 2.22 bits per heavy atom. The van der Waals surface area contributed by atoms with Crippen molar-refractivity contribution in [3.8, 4) is 0 Å². The number of halogens is 1. The molecule has 0 saturated carbocycles. The maximum Gasteiger partial charge on any atom is 0.240 e. The Balaban J connectivity index is 2.02. The Morgan fingerprint density at radius 1 is 1.39 bits per heavy atom. The fraction of sp³-hybridized carbons (Fsp3) is 0.167. The first-order valence-corrected chi connectivity index (χ1v) is 7.65. The summed E-state index contributed by atoms with van der Waals surface area (Å²) in [5.41, 5.74) is 0.963. The third-order valence-electron chi connectivity index (χ3n) is 2.66. The summed E-state index contributed by atoms with van der Waals surface area (Å²) >= 11 is 9.26.